The molecule has 2 amide bonds. The monoisotopic (exact) mass is 226 g/mol. The van der Waals surface area contributed by atoms with Crippen molar-refractivity contribution in [1.82, 2.24) is 10.2 Å². The maximum atomic E-state index is 11.6. The number of carboxylic acids is 1. The van der Waals surface area contributed by atoms with Crippen LogP contribution in [0.5, 0.6) is 0 Å². The van der Waals surface area contributed by atoms with Gasteiger partial charge in [-0.15, -0.1) is 6.42 Å². The number of nitrogens with one attached hydrogen (secondary N) is 1. The molecule has 0 aliphatic heterocycles. The maximum absolute atomic E-state index is 11.6. The molecule has 0 aliphatic rings. The summed E-state index contributed by atoms with van der Waals surface area (Å²) >= 11 is 0. The summed E-state index contributed by atoms with van der Waals surface area (Å²) in [6, 6.07) is -1.33. The Bertz CT molecular complexity index is 294. The van der Waals surface area contributed by atoms with E-state index >= 15 is 0 Å². The molecule has 0 heterocycles. The van der Waals surface area contributed by atoms with Gasteiger partial charge < -0.3 is 15.3 Å². The van der Waals surface area contributed by atoms with E-state index in [2.05, 4.69) is 11.2 Å². The van der Waals surface area contributed by atoms with Gasteiger partial charge >= 0.3 is 12.0 Å². The summed E-state index contributed by atoms with van der Waals surface area (Å²) in [7, 11) is 0. The summed E-state index contributed by atoms with van der Waals surface area (Å²) in [6.07, 6.45) is 5.11. The van der Waals surface area contributed by atoms with Crippen molar-refractivity contribution in [3.05, 3.63) is 0 Å². The highest BCUT2D eigenvalue weighted by Gasteiger charge is 2.25. The van der Waals surface area contributed by atoms with Gasteiger partial charge in [0, 0.05) is 6.54 Å². The Balaban J connectivity index is 4.51. The summed E-state index contributed by atoms with van der Waals surface area (Å²) < 4.78 is 0. The van der Waals surface area contributed by atoms with Gasteiger partial charge in [-0.1, -0.05) is 19.8 Å². The Labute approximate surface area is 95.8 Å². The van der Waals surface area contributed by atoms with Gasteiger partial charge in [-0.3, -0.25) is 0 Å². The normalized spacial score (nSPS) is 11.7. The number of aliphatic carboxylic acids is 1. The molecule has 0 aromatic carbocycles. The third-order valence-corrected chi connectivity index (χ3v) is 2.16. The lowest BCUT2D eigenvalue weighted by Gasteiger charge is -2.23. The van der Waals surface area contributed by atoms with E-state index in [-0.39, 0.29) is 12.5 Å². The number of terminal acetylenes is 1. The van der Waals surface area contributed by atoms with Crippen molar-refractivity contribution < 1.29 is 14.7 Å². The van der Waals surface area contributed by atoms with Crippen LogP contribution in [-0.4, -0.2) is 41.1 Å². The molecule has 0 saturated carbocycles. The number of nitrogens with zero attached hydrogens (tertiary/aromatic N) is 1. The van der Waals surface area contributed by atoms with Crippen LogP contribution >= 0.6 is 0 Å². The van der Waals surface area contributed by atoms with Crippen molar-refractivity contribution in [1.29, 1.82) is 0 Å². The highest BCUT2D eigenvalue weighted by atomic mass is 16.4. The first kappa shape index (κ1) is 14.3. The Morgan fingerprint density at radius 1 is 1.50 bits per heavy atom. The zero-order valence-electron chi connectivity index (χ0n) is 9.86. The number of carboxylic acid groups (broad SMARTS) is 1. The third-order valence-electron chi connectivity index (χ3n) is 2.16. The molecule has 0 unspecified atom stereocenters. The fourth-order valence-corrected chi connectivity index (χ4v) is 1.18. The van der Waals surface area contributed by atoms with E-state index in [0.717, 1.165) is 0 Å². The smallest absolute Gasteiger partial charge is 0.326 e. The van der Waals surface area contributed by atoms with Crippen LogP contribution in [0.2, 0.25) is 0 Å². The summed E-state index contributed by atoms with van der Waals surface area (Å²) in [5, 5.41) is 11.3. The Morgan fingerprint density at radius 2 is 2.06 bits per heavy atom. The van der Waals surface area contributed by atoms with Gasteiger partial charge in [0.05, 0.1) is 6.54 Å². The van der Waals surface area contributed by atoms with Crippen LogP contribution in [0, 0.1) is 18.3 Å². The summed E-state index contributed by atoms with van der Waals surface area (Å²) in [6.45, 7) is 5.86. The second-order valence-electron chi connectivity index (χ2n) is 3.73. The van der Waals surface area contributed by atoms with Crippen molar-refractivity contribution in [2.24, 2.45) is 5.92 Å². The van der Waals surface area contributed by atoms with Crippen molar-refractivity contribution in [2.45, 2.75) is 26.8 Å². The Morgan fingerprint density at radius 3 is 2.38 bits per heavy atom. The third kappa shape index (κ3) is 4.22. The number of hydrogen-bond acceptors (Lipinski definition) is 2. The Kier molecular flexibility index (Phi) is 6.01. The molecular formula is C11H18N2O3. The fraction of sp³-hybridized carbons (Fsp3) is 0.636. The molecule has 0 radical (unpaired) electrons. The van der Waals surface area contributed by atoms with E-state index in [1.807, 2.05) is 0 Å². The number of urea groups is 1. The van der Waals surface area contributed by atoms with E-state index < -0.39 is 18.0 Å². The second-order valence-corrected chi connectivity index (χ2v) is 3.73. The minimum Gasteiger partial charge on any atom is -0.480 e. The zero-order valence-corrected chi connectivity index (χ0v) is 9.86. The molecule has 5 heteroatoms. The van der Waals surface area contributed by atoms with Crippen LogP contribution in [0.3, 0.4) is 0 Å². The van der Waals surface area contributed by atoms with E-state index in [4.69, 9.17) is 11.5 Å². The number of rotatable bonds is 5. The molecule has 0 aliphatic carbocycles. The first-order chi connectivity index (χ1) is 7.43. The molecule has 0 spiro atoms. The highest BCUT2D eigenvalue weighted by Crippen LogP contribution is 2.02. The minimum absolute atomic E-state index is 0.173. The van der Waals surface area contributed by atoms with E-state index in [9.17, 15) is 9.59 Å². The number of hydrogen-bond donors (Lipinski definition) is 2. The minimum atomic E-state index is -1.04. The van der Waals surface area contributed by atoms with E-state index in [1.54, 1.807) is 20.8 Å². The van der Waals surface area contributed by atoms with Gasteiger partial charge in [-0.05, 0) is 12.8 Å². The van der Waals surface area contributed by atoms with Crippen LogP contribution in [0.1, 0.15) is 20.8 Å². The molecule has 0 saturated heterocycles. The van der Waals surface area contributed by atoms with Crippen molar-refractivity contribution >= 4 is 12.0 Å². The second kappa shape index (κ2) is 6.72. The maximum Gasteiger partial charge on any atom is 0.326 e. The van der Waals surface area contributed by atoms with Gasteiger partial charge in [0.15, 0.2) is 0 Å². The molecule has 0 aromatic heterocycles. The van der Waals surface area contributed by atoms with Crippen LogP contribution in [-0.2, 0) is 4.79 Å². The SMILES string of the molecule is C#CCN(CC)C(=O)N[C@@H](C(=O)O)C(C)C. The van der Waals surface area contributed by atoms with Crippen molar-refractivity contribution in [2.75, 3.05) is 13.1 Å². The van der Waals surface area contributed by atoms with E-state index in [1.165, 1.54) is 4.90 Å². The van der Waals surface area contributed by atoms with E-state index in [0.29, 0.717) is 6.54 Å². The molecule has 16 heavy (non-hydrogen) atoms. The first-order valence-electron chi connectivity index (χ1n) is 5.15. The lowest BCUT2D eigenvalue weighted by molar-refractivity contribution is -0.140. The highest BCUT2D eigenvalue weighted by molar-refractivity contribution is 5.82. The van der Waals surface area contributed by atoms with Crippen molar-refractivity contribution in [3.8, 4) is 12.3 Å². The van der Waals surface area contributed by atoms with Gasteiger partial charge in [-0.25, -0.2) is 9.59 Å². The zero-order chi connectivity index (χ0) is 12.7. The molecule has 0 bridgehead atoms. The fourth-order valence-electron chi connectivity index (χ4n) is 1.18. The number of amides is 2. The predicted molar refractivity (Wildman–Crippen MR) is 60.9 cm³/mol. The van der Waals surface area contributed by atoms with Crippen molar-refractivity contribution in [3.63, 3.8) is 0 Å². The molecule has 5 nitrogen and oxygen atoms in total. The quantitative estimate of drug-likeness (QED) is 0.680. The van der Waals surface area contributed by atoms with Gasteiger partial charge in [-0.2, -0.15) is 0 Å². The van der Waals surface area contributed by atoms with Gasteiger partial charge in [0.1, 0.15) is 6.04 Å². The lowest BCUT2D eigenvalue weighted by atomic mass is 10.1. The summed E-state index contributed by atoms with van der Waals surface area (Å²) in [4.78, 5) is 23.9. The average Bonchev–Trinajstić information content (AvgIpc) is 2.21. The summed E-state index contributed by atoms with van der Waals surface area (Å²) in [5.74, 6) is 1.13. The predicted octanol–water partition coefficient (Wildman–Crippen LogP) is 0.760. The van der Waals surface area contributed by atoms with Crippen LogP contribution in [0.4, 0.5) is 4.79 Å². The van der Waals surface area contributed by atoms with Crippen LogP contribution in [0.15, 0.2) is 0 Å². The largest absolute Gasteiger partial charge is 0.480 e. The summed E-state index contributed by atoms with van der Waals surface area (Å²) in [5.41, 5.74) is 0. The Hall–Kier alpha value is -1.70. The van der Waals surface area contributed by atoms with Gasteiger partial charge in [0.2, 0.25) is 0 Å². The molecule has 1 atom stereocenters. The number of carbonyl (C=O) groups is 2. The molecular weight excluding hydrogens is 208 g/mol. The lowest BCUT2D eigenvalue weighted by Crippen LogP contribution is -2.50. The molecule has 0 fully saturated rings. The van der Waals surface area contributed by atoms with Crippen LogP contribution in [0.25, 0.3) is 0 Å². The molecule has 0 aromatic rings. The first-order valence-corrected chi connectivity index (χ1v) is 5.15. The topological polar surface area (TPSA) is 69.6 Å². The average molecular weight is 226 g/mol. The molecule has 90 valence electrons. The standard InChI is InChI=1S/C11H18N2O3/c1-5-7-13(6-2)11(16)12-9(8(3)4)10(14)15/h1,8-9H,6-7H2,2-4H3,(H,12,16)(H,14,15)/t9-/m1/s1. The van der Waals surface area contributed by atoms with Crippen LogP contribution < -0.4 is 5.32 Å². The van der Waals surface area contributed by atoms with Gasteiger partial charge in [0.25, 0.3) is 0 Å². The molecule has 0 rings (SSSR count). The molecule has 2 N–H and O–H groups in total. The number of carbonyl (C=O) groups excluding carboxylic acids is 1.